The maximum atomic E-state index is 12.6. The summed E-state index contributed by atoms with van der Waals surface area (Å²) < 4.78 is 43.7. The highest BCUT2D eigenvalue weighted by Crippen LogP contribution is 2.37. The van der Waals surface area contributed by atoms with E-state index in [0.29, 0.717) is 12.1 Å². The van der Waals surface area contributed by atoms with Crippen LogP contribution in [0.3, 0.4) is 0 Å². The number of fused-ring (bicyclic) bond motifs is 1. The fourth-order valence-electron chi connectivity index (χ4n) is 3.10. The van der Waals surface area contributed by atoms with Crippen LogP contribution in [0.2, 0.25) is 0 Å². The maximum absolute atomic E-state index is 12.6. The summed E-state index contributed by atoms with van der Waals surface area (Å²) in [6.07, 6.45) is 2.82. The second kappa shape index (κ2) is 7.20. The molecule has 1 N–H and O–H groups in total. The number of halogens is 3. The van der Waals surface area contributed by atoms with Crippen molar-refractivity contribution in [2.24, 2.45) is 0 Å². The van der Waals surface area contributed by atoms with Crippen LogP contribution in [0.1, 0.15) is 34.7 Å². The molecule has 0 saturated carbocycles. The van der Waals surface area contributed by atoms with Crippen LogP contribution in [0, 0.1) is 12.3 Å². The molecule has 0 heterocycles. The predicted octanol–water partition coefficient (Wildman–Crippen LogP) is 4.49. The molecular formula is C20H18F3NO. The van der Waals surface area contributed by atoms with Gasteiger partial charge in [-0.2, -0.15) is 13.2 Å². The van der Waals surface area contributed by atoms with Crippen molar-refractivity contribution in [1.29, 1.82) is 0 Å². The summed E-state index contributed by atoms with van der Waals surface area (Å²) in [4.78, 5) is 0. The first-order valence-corrected chi connectivity index (χ1v) is 8.06. The van der Waals surface area contributed by atoms with Gasteiger partial charge in [0.25, 0.3) is 0 Å². The molecule has 25 heavy (non-hydrogen) atoms. The van der Waals surface area contributed by atoms with Crippen molar-refractivity contribution >= 4 is 0 Å². The van der Waals surface area contributed by atoms with Gasteiger partial charge in [0.05, 0.1) is 12.1 Å². The van der Waals surface area contributed by atoms with E-state index < -0.39 is 11.7 Å². The highest BCUT2D eigenvalue weighted by molar-refractivity contribution is 5.45. The van der Waals surface area contributed by atoms with Crippen molar-refractivity contribution < 1.29 is 17.9 Å². The van der Waals surface area contributed by atoms with Gasteiger partial charge in [0.15, 0.2) is 0 Å². The summed E-state index contributed by atoms with van der Waals surface area (Å²) >= 11 is 0. The Labute approximate surface area is 145 Å². The lowest BCUT2D eigenvalue weighted by molar-refractivity contribution is -0.137. The van der Waals surface area contributed by atoms with Gasteiger partial charge in [0.1, 0.15) is 12.4 Å². The third-order valence-electron chi connectivity index (χ3n) is 4.35. The molecule has 0 saturated heterocycles. The Balaban J connectivity index is 1.69. The molecule has 1 aliphatic carbocycles. The number of terminal acetylenes is 1. The molecule has 0 fully saturated rings. The van der Waals surface area contributed by atoms with Crippen LogP contribution in [0.5, 0.6) is 5.75 Å². The molecule has 0 spiro atoms. The van der Waals surface area contributed by atoms with E-state index in [1.165, 1.54) is 17.7 Å². The first-order chi connectivity index (χ1) is 12.0. The van der Waals surface area contributed by atoms with Gasteiger partial charge in [-0.3, -0.25) is 5.32 Å². The lowest BCUT2D eigenvalue weighted by atomic mass is 10.1. The Morgan fingerprint density at radius 1 is 1.16 bits per heavy atom. The van der Waals surface area contributed by atoms with Crippen LogP contribution in [-0.2, 0) is 19.2 Å². The molecule has 0 amide bonds. The van der Waals surface area contributed by atoms with Crippen LogP contribution in [0.4, 0.5) is 13.2 Å². The minimum Gasteiger partial charge on any atom is -0.489 e. The van der Waals surface area contributed by atoms with Gasteiger partial charge in [0.2, 0.25) is 0 Å². The highest BCUT2D eigenvalue weighted by Gasteiger charge is 2.30. The van der Waals surface area contributed by atoms with E-state index in [4.69, 9.17) is 11.2 Å². The summed E-state index contributed by atoms with van der Waals surface area (Å²) in [7, 11) is 0. The molecule has 0 radical (unpaired) electrons. The second-order valence-corrected chi connectivity index (χ2v) is 5.98. The standard InChI is InChI=1S/C20H18F3NO/c1-2-12-24-18-11-10-17-16(18)4-3-5-19(17)25-13-14-6-8-15(9-7-14)20(21,22)23/h1,3-9,18,24H,10-13H2. The zero-order chi connectivity index (χ0) is 17.9. The smallest absolute Gasteiger partial charge is 0.416 e. The average Bonchev–Trinajstić information content (AvgIpc) is 3.01. The first kappa shape index (κ1) is 17.4. The molecule has 2 aromatic carbocycles. The summed E-state index contributed by atoms with van der Waals surface area (Å²) in [6.45, 7) is 0.748. The van der Waals surface area contributed by atoms with Gasteiger partial charge >= 0.3 is 6.18 Å². The number of ether oxygens (including phenoxy) is 1. The number of hydrogen-bond acceptors (Lipinski definition) is 2. The Kier molecular flexibility index (Phi) is 5.00. The quantitative estimate of drug-likeness (QED) is 0.806. The molecule has 1 aliphatic rings. The Hall–Kier alpha value is -2.45. The minimum absolute atomic E-state index is 0.223. The zero-order valence-electron chi connectivity index (χ0n) is 13.6. The summed E-state index contributed by atoms with van der Waals surface area (Å²) in [5.74, 6) is 3.36. The van der Waals surface area contributed by atoms with Gasteiger partial charge in [0, 0.05) is 6.04 Å². The van der Waals surface area contributed by atoms with Crippen molar-refractivity contribution in [3.63, 3.8) is 0 Å². The van der Waals surface area contributed by atoms with E-state index in [-0.39, 0.29) is 12.6 Å². The van der Waals surface area contributed by atoms with Gasteiger partial charge in [-0.1, -0.05) is 30.2 Å². The normalized spacial score (nSPS) is 16.3. The number of nitrogens with one attached hydrogen (secondary N) is 1. The topological polar surface area (TPSA) is 21.3 Å². The summed E-state index contributed by atoms with van der Waals surface area (Å²) in [5, 5.41) is 3.31. The molecule has 130 valence electrons. The van der Waals surface area contributed by atoms with Crippen LogP contribution in [-0.4, -0.2) is 6.54 Å². The number of hydrogen-bond donors (Lipinski definition) is 1. The lowest BCUT2D eigenvalue weighted by Gasteiger charge is -2.14. The number of alkyl halides is 3. The molecule has 2 aromatic rings. The molecule has 0 bridgehead atoms. The Morgan fingerprint density at radius 3 is 2.60 bits per heavy atom. The van der Waals surface area contributed by atoms with Crippen LogP contribution in [0.25, 0.3) is 0 Å². The number of rotatable bonds is 5. The SMILES string of the molecule is C#CCNC1CCc2c(OCc3ccc(C(F)(F)F)cc3)cccc21. The largest absolute Gasteiger partial charge is 0.489 e. The van der Waals surface area contributed by atoms with Crippen molar-refractivity contribution in [1.82, 2.24) is 5.32 Å². The molecule has 3 rings (SSSR count). The van der Waals surface area contributed by atoms with E-state index in [9.17, 15) is 13.2 Å². The predicted molar refractivity (Wildman–Crippen MR) is 90.1 cm³/mol. The second-order valence-electron chi connectivity index (χ2n) is 5.98. The van der Waals surface area contributed by atoms with E-state index in [1.807, 2.05) is 12.1 Å². The molecular weight excluding hydrogens is 327 g/mol. The number of benzene rings is 2. The Morgan fingerprint density at radius 2 is 1.92 bits per heavy atom. The Bertz CT molecular complexity index is 775. The van der Waals surface area contributed by atoms with Crippen LogP contribution in [0.15, 0.2) is 42.5 Å². The molecule has 2 nitrogen and oxygen atoms in total. The van der Waals surface area contributed by atoms with Crippen molar-refractivity contribution in [2.45, 2.75) is 31.7 Å². The lowest BCUT2D eigenvalue weighted by Crippen LogP contribution is -2.19. The third-order valence-corrected chi connectivity index (χ3v) is 4.35. The summed E-state index contributed by atoms with van der Waals surface area (Å²) in [6, 6.07) is 11.2. The molecule has 0 aromatic heterocycles. The monoisotopic (exact) mass is 345 g/mol. The average molecular weight is 345 g/mol. The van der Waals surface area contributed by atoms with Gasteiger partial charge < -0.3 is 4.74 Å². The summed E-state index contributed by atoms with van der Waals surface area (Å²) in [5.41, 5.74) is 2.37. The molecule has 5 heteroatoms. The zero-order valence-corrected chi connectivity index (χ0v) is 13.6. The highest BCUT2D eigenvalue weighted by atomic mass is 19.4. The van der Waals surface area contributed by atoms with Crippen molar-refractivity contribution in [3.05, 3.63) is 64.7 Å². The van der Waals surface area contributed by atoms with Crippen LogP contribution < -0.4 is 10.1 Å². The van der Waals surface area contributed by atoms with E-state index in [2.05, 4.69) is 17.3 Å². The fraction of sp³-hybridized carbons (Fsp3) is 0.300. The fourth-order valence-corrected chi connectivity index (χ4v) is 3.10. The van der Waals surface area contributed by atoms with E-state index in [0.717, 1.165) is 36.3 Å². The third kappa shape index (κ3) is 3.97. The van der Waals surface area contributed by atoms with Gasteiger partial charge in [-0.25, -0.2) is 0 Å². The first-order valence-electron chi connectivity index (χ1n) is 8.06. The molecule has 0 aliphatic heterocycles. The minimum atomic E-state index is -4.32. The van der Waals surface area contributed by atoms with Crippen molar-refractivity contribution in [2.75, 3.05) is 6.54 Å². The van der Waals surface area contributed by atoms with Gasteiger partial charge in [-0.15, -0.1) is 6.42 Å². The van der Waals surface area contributed by atoms with E-state index >= 15 is 0 Å². The molecule has 1 unspecified atom stereocenters. The maximum Gasteiger partial charge on any atom is 0.416 e. The molecule has 1 atom stereocenters. The van der Waals surface area contributed by atoms with Crippen molar-refractivity contribution in [3.8, 4) is 18.1 Å². The van der Waals surface area contributed by atoms with Crippen LogP contribution >= 0.6 is 0 Å². The van der Waals surface area contributed by atoms with Gasteiger partial charge in [-0.05, 0) is 47.7 Å². The van der Waals surface area contributed by atoms with E-state index in [1.54, 1.807) is 0 Å².